The molecule has 138 valence electrons. The van der Waals surface area contributed by atoms with Gasteiger partial charge in [0.1, 0.15) is 18.1 Å². The molecule has 0 N–H and O–H groups in total. The number of para-hydroxylation sites is 3. The Morgan fingerprint density at radius 3 is 2.19 bits per heavy atom. The lowest BCUT2D eigenvalue weighted by molar-refractivity contribution is -0.116. The Hall–Kier alpha value is -3.27. The van der Waals surface area contributed by atoms with Crippen LogP contribution in [-0.4, -0.2) is 13.0 Å². The SMILES string of the molecule is COc1ccccc1CN(C(C)=O)c1ccccc1OCc1ccccc1. The number of nitrogens with zero attached hydrogens (tertiary/aromatic N) is 1. The molecule has 27 heavy (non-hydrogen) atoms. The van der Waals surface area contributed by atoms with Gasteiger partial charge in [0.05, 0.1) is 19.3 Å². The number of hydrogen-bond acceptors (Lipinski definition) is 3. The second kappa shape index (κ2) is 8.90. The molecule has 0 fully saturated rings. The molecule has 4 nitrogen and oxygen atoms in total. The monoisotopic (exact) mass is 361 g/mol. The number of anilines is 1. The fourth-order valence-corrected chi connectivity index (χ4v) is 2.91. The second-order valence-electron chi connectivity index (χ2n) is 6.16. The maximum atomic E-state index is 12.4. The van der Waals surface area contributed by atoms with Gasteiger partial charge < -0.3 is 14.4 Å². The Bertz CT molecular complexity index is 893. The summed E-state index contributed by atoms with van der Waals surface area (Å²) in [4.78, 5) is 14.1. The van der Waals surface area contributed by atoms with Crippen LogP contribution in [0, 0.1) is 0 Å². The van der Waals surface area contributed by atoms with Crippen LogP contribution in [-0.2, 0) is 17.9 Å². The van der Waals surface area contributed by atoms with Gasteiger partial charge in [-0.3, -0.25) is 4.79 Å². The van der Waals surface area contributed by atoms with Crippen LogP contribution in [0.15, 0.2) is 78.9 Å². The lowest BCUT2D eigenvalue weighted by Crippen LogP contribution is -2.28. The van der Waals surface area contributed by atoms with Gasteiger partial charge in [0.2, 0.25) is 5.91 Å². The smallest absolute Gasteiger partial charge is 0.224 e. The van der Waals surface area contributed by atoms with E-state index in [4.69, 9.17) is 9.47 Å². The second-order valence-corrected chi connectivity index (χ2v) is 6.16. The van der Waals surface area contributed by atoms with Crippen molar-refractivity contribution < 1.29 is 14.3 Å². The highest BCUT2D eigenvalue weighted by Crippen LogP contribution is 2.31. The van der Waals surface area contributed by atoms with Crippen LogP contribution < -0.4 is 14.4 Å². The molecule has 0 radical (unpaired) electrons. The molecule has 0 saturated carbocycles. The average Bonchev–Trinajstić information content (AvgIpc) is 2.71. The summed E-state index contributed by atoms with van der Waals surface area (Å²) in [7, 11) is 1.63. The topological polar surface area (TPSA) is 38.8 Å². The average molecular weight is 361 g/mol. The van der Waals surface area contributed by atoms with Gasteiger partial charge in [-0.25, -0.2) is 0 Å². The fraction of sp³-hybridized carbons (Fsp3) is 0.174. The van der Waals surface area contributed by atoms with E-state index >= 15 is 0 Å². The molecule has 0 saturated heterocycles. The summed E-state index contributed by atoms with van der Waals surface area (Å²) in [6.07, 6.45) is 0. The van der Waals surface area contributed by atoms with Crippen molar-refractivity contribution in [2.75, 3.05) is 12.0 Å². The molecule has 4 heteroatoms. The van der Waals surface area contributed by atoms with Gasteiger partial charge in [-0.2, -0.15) is 0 Å². The van der Waals surface area contributed by atoms with Crippen LogP contribution >= 0.6 is 0 Å². The van der Waals surface area contributed by atoms with Crippen LogP contribution in [0.2, 0.25) is 0 Å². The van der Waals surface area contributed by atoms with Crippen molar-refractivity contribution in [3.8, 4) is 11.5 Å². The standard InChI is InChI=1S/C23H23NO3/c1-18(25)24(16-20-12-6-8-14-22(20)26-2)21-13-7-9-15-23(21)27-17-19-10-4-3-5-11-19/h3-15H,16-17H2,1-2H3. The largest absolute Gasteiger partial charge is 0.496 e. The Labute approximate surface area is 160 Å². The summed E-state index contributed by atoms with van der Waals surface area (Å²) >= 11 is 0. The van der Waals surface area contributed by atoms with Crippen LogP contribution in [0.4, 0.5) is 5.69 Å². The highest BCUT2D eigenvalue weighted by atomic mass is 16.5. The number of ether oxygens (including phenoxy) is 2. The lowest BCUT2D eigenvalue weighted by atomic mass is 10.1. The van der Waals surface area contributed by atoms with Gasteiger partial charge >= 0.3 is 0 Å². The highest BCUT2D eigenvalue weighted by Gasteiger charge is 2.18. The summed E-state index contributed by atoms with van der Waals surface area (Å²) in [6, 6.07) is 25.3. The molecule has 3 aromatic carbocycles. The minimum atomic E-state index is -0.0586. The predicted octanol–water partition coefficient (Wildman–Crippen LogP) is 4.83. The zero-order chi connectivity index (χ0) is 19.1. The molecule has 0 heterocycles. The number of amides is 1. The van der Waals surface area contributed by atoms with Gasteiger partial charge in [-0.05, 0) is 23.8 Å². The van der Waals surface area contributed by atoms with Crippen molar-refractivity contribution in [2.45, 2.75) is 20.1 Å². The molecule has 0 aliphatic heterocycles. The van der Waals surface area contributed by atoms with Gasteiger partial charge in [0.25, 0.3) is 0 Å². The van der Waals surface area contributed by atoms with Crippen molar-refractivity contribution in [2.24, 2.45) is 0 Å². The van der Waals surface area contributed by atoms with E-state index in [0.29, 0.717) is 18.9 Å². The lowest BCUT2D eigenvalue weighted by Gasteiger charge is -2.24. The first-order chi connectivity index (χ1) is 13.2. The Morgan fingerprint density at radius 1 is 0.852 bits per heavy atom. The quantitative estimate of drug-likeness (QED) is 0.605. The van der Waals surface area contributed by atoms with Crippen molar-refractivity contribution in [1.29, 1.82) is 0 Å². The third-order valence-electron chi connectivity index (χ3n) is 4.29. The minimum Gasteiger partial charge on any atom is -0.496 e. The molecular formula is C23H23NO3. The van der Waals surface area contributed by atoms with Gasteiger partial charge in [0, 0.05) is 12.5 Å². The van der Waals surface area contributed by atoms with Crippen molar-refractivity contribution in [3.05, 3.63) is 90.0 Å². The molecule has 0 aliphatic carbocycles. The molecule has 0 bridgehead atoms. The molecule has 0 spiro atoms. The Balaban J connectivity index is 1.86. The first kappa shape index (κ1) is 18.5. The number of carbonyl (C=O) groups excluding carboxylic acids is 1. The number of carbonyl (C=O) groups is 1. The first-order valence-electron chi connectivity index (χ1n) is 8.85. The Morgan fingerprint density at radius 2 is 1.48 bits per heavy atom. The number of benzene rings is 3. The number of hydrogen-bond donors (Lipinski definition) is 0. The normalized spacial score (nSPS) is 10.3. The number of methoxy groups -OCH3 is 1. The van der Waals surface area contributed by atoms with Crippen molar-refractivity contribution >= 4 is 11.6 Å². The van der Waals surface area contributed by atoms with Crippen LogP contribution in [0.5, 0.6) is 11.5 Å². The number of rotatable bonds is 7. The molecule has 0 aliphatic rings. The van der Waals surface area contributed by atoms with Crippen LogP contribution in [0.25, 0.3) is 0 Å². The third kappa shape index (κ3) is 4.67. The molecule has 3 rings (SSSR count). The van der Waals surface area contributed by atoms with E-state index in [1.807, 2.05) is 78.9 Å². The van der Waals surface area contributed by atoms with Gasteiger partial charge in [-0.15, -0.1) is 0 Å². The summed E-state index contributed by atoms with van der Waals surface area (Å²) < 4.78 is 11.5. The van der Waals surface area contributed by atoms with Gasteiger partial charge in [-0.1, -0.05) is 60.7 Å². The first-order valence-corrected chi connectivity index (χ1v) is 8.85. The maximum Gasteiger partial charge on any atom is 0.224 e. The molecule has 3 aromatic rings. The zero-order valence-corrected chi connectivity index (χ0v) is 15.6. The summed E-state index contributed by atoms with van der Waals surface area (Å²) in [5, 5.41) is 0. The van der Waals surface area contributed by atoms with Crippen LogP contribution in [0.1, 0.15) is 18.1 Å². The molecule has 0 aromatic heterocycles. The van der Waals surface area contributed by atoms with E-state index in [9.17, 15) is 4.79 Å². The highest BCUT2D eigenvalue weighted by molar-refractivity contribution is 5.93. The van der Waals surface area contributed by atoms with Crippen molar-refractivity contribution in [3.63, 3.8) is 0 Å². The maximum absolute atomic E-state index is 12.4. The van der Waals surface area contributed by atoms with E-state index in [2.05, 4.69) is 0 Å². The summed E-state index contributed by atoms with van der Waals surface area (Å²) in [5.74, 6) is 1.37. The van der Waals surface area contributed by atoms with Gasteiger partial charge in [0.15, 0.2) is 0 Å². The van der Waals surface area contributed by atoms with E-state index < -0.39 is 0 Å². The van der Waals surface area contributed by atoms with Crippen LogP contribution in [0.3, 0.4) is 0 Å². The molecule has 0 atom stereocenters. The van der Waals surface area contributed by atoms with E-state index in [1.165, 1.54) is 0 Å². The summed E-state index contributed by atoms with van der Waals surface area (Å²) in [6.45, 7) is 2.41. The fourth-order valence-electron chi connectivity index (χ4n) is 2.91. The van der Waals surface area contributed by atoms with Crippen molar-refractivity contribution in [1.82, 2.24) is 0 Å². The van der Waals surface area contributed by atoms with E-state index in [-0.39, 0.29) is 5.91 Å². The minimum absolute atomic E-state index is 0.0586. The summed E-state index contributed by atoms with van der Waals surface area (Å²) in [5.41, 5.74) is 2.76. The predicted molar refractivity (Wildman–Crippen MR) is 107 cm³/mol. The molecule has 0 unspecified atom stereocenters. The molecular weight excluding hydrogens is 338 g/mol. The third-order valence-corrected chi connectivity index (χ3v) is 4.29. The zero-order valence-electron chi connectivity index (χ0n) is 15.6. The van der Waals surface area contributed by atoms with E-state index in [0.717, 1.165) is 22.6 Å². The molecule has 1 amide bonds. The van der Waals surface area contributed by atoms with E-state index in [1.54, 1.807) is 18.9 Å². The Kier molecular flexibility index (Phi) is 6.10.